The van der Waals surface area contributed by atoms with Gasteiger partial charge in [0.15, 0.2) is 11.5 Å². The number of benzene rings is 2. The first kappa shape index (κ1) is 21.4. The van der Waals surface area contributed by atoms with Crippen molar-refractivity contribution in [2.45, 2.75) is 32.3 Å². The number of nitrogens with one attached hydrogen (secondary N) is 1. The molecule has 1 N–H and O–H groups in total. The Hall–Kier alpha value is -3.46. The Bertz CT molecular complexity index is 1300. The third-order valence-electron chi connectivity index (χ3n) is 5.91. The lowest BCUT2D eigenvalue weighted by Gasteiger charge is -2.32. The third-order valence-corrected chi connectivity index (χ3v) is 6.70. The fourth-order valence-electron chi connectivity index (χ4n) is 4.11. The van der Waals surface area contributed by atoms with Crippen LogP contribution < -0.4 is 14.8 Å². The summed E-state index contributed by atoms with van der Waals surface area (Å²) in [6, 6.07) is 9.85. The molecule has 9 heteroatoms. The summed E-state index contributed by atoms with van der Waals surface area (Å²) >= 11 is 1.60. The van der Waals surface area contributed by atoms with Crippen LogP contribution in [0.15, 0.2) is 42.2 Å². The molecule has 1 aliphatic heterocycles. The van der Waals surface area contributed by atoms with E-state index in [1.165, 1.54) is 6.33 Å². The van der Waals surface area contributed by atoms with Crippen molar-refractivity contribution in [3.63, 3.8) is 0 Å². The molecular formula is C24H25N5O3S. The van der Waals surface area contributed by atoms with Crippen LogP contribution in [0.5, 0.6) is 11.5 Å². The first-order valence-electron chi connectivity index (χ1n) is 11.0. The summed E-state index contributed by atoms with van der Waals surface area (Å²) in [5.74, 6) is 2.17. The van der Waals surface area contributed by atoms with E-state index in [9.17, 15) is 4.79 Å². The summed E-state index contributed by atoms with van der Waals surface area (Å²) < 4.78 is 13.0. The molecule has 1 amide bonds. The van der Waals surface area contributed by atoms with Crippen LogP contribution in [0.25, 0.3) is 21.1 Å². The third kappa shape index (κ3) is 4.41. The molecule has 0 bridgehead atoms. The summed E-state index contributed by atoms with van der Waals surface area (Å²) in [5, 5.41) is 4.25. The lowest BCUT2D eigenvalue weighted by molar-refractivity contribution is -0.132. The van der Waals surface area contributed by atoms with Gasteiger partial charge in [0, 0.05) is 49.5 Å². The van der Waals surface area contributed by atoms with Crippen LogP contribution in [0.4, 0.5) is 11.5 Å². The number of fused-ring (bicyclic) bond motifs is 2. The number of rotatable bonds is 6. The van der Waals surface area contributed by atoms with Crippen molar-refractivity contribution < 1.29 is 14.3 Å². The molecule has 1 aliphatic rings. The molecule has 1 saturated heterocycles. The van der Waals surface area contributed by atoms with Crippen molar-refractivity contribution in [3.8, 4) is 11.5 Å². The number of ether oxygens (including phenoxy) is 2. The van der Waals surface area contributed by atoms with Gasteiger partial charge in [-0.1, -0.05) is 6.92 Å². The summed E-state index contributed by atoms with van der Waals surface area (Å²) in [6.45, 7) is 3.32. The standard InChI is InChI=1S/C24H25N5O3S/c1-3-23(30)29-8-6-16(7-9-29)32-21-11-17-19(12-20(21)31-2)25-13-26-24(17)28-15-4-5-18-22(10-15)33-14-27-18/h4-5,10-14,16H,3,6-9H2,1-2H3,(H,25,26,28). The van der Waals surface area contributed by atoms with E-state index in [1.54, 1.807) is 18.4 Å². The molecular weight excluding hydrogens is 438 g/mol. The van der Waals surface area contributed by atoms with Crippen LogP contribution in [0.1, 0.15) is 26.2 Å². The second-order valence-electron chi connectivity index (χ2n) is 7.95. The van der Waals surface area contributed by atoms with Crippen molar-refractivity contribution in [1.29, 1.82) is 0 Å². The maximum Gasteiger partial charge on any atom is 0.222 e. The Morgan fingerprint density at radius 1 is 1.12 bits per heavy atom. The molecule has 0 unspecified atom stereocenters. The minimum Gasteiger partial charge on any atom is -0.493 e. The molecule has 0 atom stereocenters. The van der Waals surface area contributed by atoms with E-state index in [1.807, 2.05) is 41.6 Å². The molecule has 0 spiro atoms. The zero-order chi connectivity index (χ0) is 22.8. The van der Waals surface area contributed by atoms with Gasteiger partial charge in [0.05, 0.1) is 28.4 Å². The average molecular weight is 464 g/mol. The Kier molecular flexibility index (Phi) is 5.95. The number of likely N-dealkylation sites (tertiary alicyclic amines) is 1. The highest BCUT2D eigenvalue weighted by Gasteiger charge is 2.24. The van der Waals surface area contributed by atoms with Crippen molar-refractivity contribution in [2.24, 2.45) is 0 Å². The Balaban J connectivity index is 1.41. The van der Waals surface area contributed by atoms with Gasteiger partial charge >= 0.3 is 0 Å². The number of piperidine rings is 1. The van der Waals surface area contributed by atoms with Crippen molar-refractivity contribution in [1.82, 2.24) is 19.9 Å². The minimum absolute atomic E-state index is 0.0204. The van der Waals surface area contributed by atoms with Gasteiger partial charge in [-0.25, -0.2) is 15.0 Å². The highest BCUT2D eigenvalue weighted by molar-refractivity contribution is 7.16. The highest BCUT2D eigenvalue weighted by Crippen LogP contribution is 2.36. The van der Waals surface area contributed by atoms with Gasteiger partial charge in [-0.2, -0.15) is 0 Å². The first-order valence-corrected chi connectivity index (χ1v) is 11.9. The molecule has 2 aromatic carbocycles. The Morgan fingerprint density at radius 2 is 1.97 bits per heavy atom. The van der Waals surface area contributed by atoms with E-state index in [0.29, 0.717) is 36.8 Å². The maximum atomic E-state index is 12.0. The fourth-order valence-corrected chi connectivity index (χ4v) is 4.83. The predicted octanol–water partition coefficient (Wildman–Crippen LogP) is 4.77. The SMILES string of the molecule is CCC(=O)N1CCC(Oc2cc3c(Nc4ccc5ncsc5c4)ncnc3cc2OC)CC1. The molecule has 33 heavy (non-hydrogen) atoms. The van der Waals surface area contributed by atoms with Gasteiger partial charge in [-0.15, -0.1) is 11.3 Å². The number of hydrogen-bond donors (Lipinski definition) is 1. The van der Waals surface area contributed by atoms with Gasteiger partial charge in [0.2, 0.25) is 5.91 Å². The van der Waals surface area contributed by atoms with Crippen LogP contribution in [-0.2, 0) is 4.79 Å². The number of nitrogens with zero attached hydrogens (tertiary/aromatic N) is 4. The number of anilines is 2. The molecule has 1 fully saturated rings. The molecule has 4 aromatic rings. The number of methoxy groups -OCH3 is 1. The fraction of sp³-hybridized carbons (Fsp3) is 0.333. The zero-order valence-corrected chi connectivity index (χ0v) is 19.4. The van der Waals surface area contributed by atoms with Gasteiger partial charge in [-0.3, -0.25) is 4.79 Å². The van der Waals surface area contributed by atoms with Crippen LogP contribution in [0.2, 0.25) is 0 Å². The molecule has 0 saturated carbocycles. The monoisotopic (exact) mass is 463 g/mol. The number of carbonyl (C=O) groups is 1. The van der Waals surface area contributed by atoms with Crippen LogP contribution in [0, 0.1) is 0 Å². The van der Waals surface area contributed by atoms with Gasteiger partial charge < -0.3 is 19.7 Å². The molecule has 0 radical (unpaired) electrons. The van der Waals surface area contributed by atoms with Crippen LogP contribution in [-0.4, -0.2) is 52.1 Å². The Morgan fingerprint density at radius 3 is 2.76 bits per heavy atom. The van der Waals surface area contributed by atoms with E-state index in [0.717, 1.165) is 39.6 Å². The topological polar surface area (TPSA) is 89.5 Å². The van der Waals surface area contributed by atoms with Crippen molar-refractivity contribution >= 4 is 49.9 Å². The summed E-state index contributed by atoms with van der Waals surface area (Å²) in [5.41, 5.74) is 4.51. The first-order chi connectivity index (χ1) is 16.1. The lowest BCUT2D eigenvalue weighted by Crippen LogP contribution is -2.41. The van der Waals surface area contributed by atoms with E-state index in [2.05, 4.69) is 26.3 Å². The number of amides is 1. The summed E-state index contributed by atoms with van der Waals surface area (Å²) in [6.07, 6.45) is 3.68. The summed E-state index contributed by atoms with van der Waals surface area (Å²) in [7, 11) is 1.63. The van der Waals surface area contributed by atoms with E-state index in [-0.39, 0.29) is 12.0 Å². The van der Waals surface area contributed by atoms with Gasteiger partial charge in [-0.05, 0) is 24.3 Å². The second-order valence-corrected chi connectivity index (χ2v) is 8.84. The van der Waals surface area contributed by atoms with Crippen molar-refractivity contribution in [2.75, 3.05) is 25.5 Å². The molecule has 3 heterocycles. The lowest BCUT2D eigenvalue weighted by atomic mass is 10.1. The number of aromatic nitrogens is 3. The maximum absolute atomic E-state index is 12.0. The highest BCUT2D eigenvalue weighted by atomic mass is 32.1. The number of hydrogen-bond acceptors (Lipinski definition) is 8. The van der Waals surface area contributed by atoms with Crippen LogP contribution in [0.3, 0.4) is 0 Å². The van der Waals surface area contributed by atoms with Crippen LogP contribution >= 0.6 is 11.3 Å². The van der Waals surface area contributed by atoms with Crippen molar-refractivity contribution in [3.05, 3.63) is 42.2 Å². The van der Waals surface area contributed by atoms with Gasteiger partial charge in [0.1, 0.15) is 18.2 Å². The molecule has 8 nitrogen and oxygen atoms in total. The second kappa shape index (κ2) is 9.19. The summed E-state index contributed by atoms with van der Waals surface area (Å²) in [4.78, 5) is 27.1. The predicted molar refractivity (Wildman–Crippen MR) is 130 cm³/mol. The zero-order valence-electron chi connectivity index (χ0n) is 18.6. The minimum atomic E-state index is 0.0204. The van der Waals surface area contributed by atoms with E-state index < -0.39 is 0 Å². The number of carbonyl (C=O) groups excluding carboxylic acids is 1. The molecule has 170 valence electrons. The normalized spacial score (nSPS) is 14.5. The smallest absolute Gasteiger partial charge is 0.222 e. The molecule has 5 rings (SSSR count). The molecule has 0 aliphatic carbocycles. The molecule has 2 aromatic heterocycles. The van der Waals surface area contributed by atoms with E-state index in [4.69, 9.17) is 9.47 Å². The van der Waals surface area contributed by atoms with Gasteiger partial charge in [0.25, 0.3) is 0 Å². The quantitative estimate of drug-likeness (QED) is 0.440. The number of thiazole rings is 1. The largest absolute Gasteiger partial charge is 0.493 e. The van der Waals surface area contributed by atoms with E-state index >= 15 is 0 Å². The average Bonchev–Trinajstić information content (AvgIpc) is 3.32. The Labute approximate surface area is 195 Å².